The average Bonchev–Trinajstić information content (AvgIpc) is 2.17. The minimum Gasteiger partial charge on any atom is -0.391 e. The first-order chi connectivity index (χ1) is 6.61. The summed E-state index contributed by atoms with van der Waals surface area (Å²) in [6.45, 7) is -0.980. The van der Waals surface area contributed by atoms with E-state index in [1.165, 1.54) is 0 Å². The number of halogens is 3. The molecule has 78 valence electrons. The van der Waals surface area contributed by atoms with Gasteiger partial charge >= 0.3 is 0 Å². The smallest absolute Gasteiger partial charge is 0.264 e. The van der Waals surface area contributed by atoms with Crippen molar-refractivity contribution in [3.05, 3.63) is 28.8 Å². The van der Waals surface area contributed by atoms with Crippen molar-refractivity contribution in [2.75, 3.05) is 0 Å². The fraction of sp³-hybridized carbons (Fsp3) is 0.375. The van der Waals surface area contributed by atoms with E-state index >= 15 is 0 Å². The summed E-state index contributed by atoms with van der Waals surface area (Å²) in [5, 5.41) is 8.71. The van der Waals surface area contributed by atoms with Crippen molar-refractivity contribution in [1.29, 1.82) is 0 Å². The highest BCUT2D eigenvalue weighted by Gasteiger charge is 2.20. The third-order valence-corrected chi connectivity index (χ3v) is 1.85. The van der Waals surface area contributed by atoms with Crippen molar-refractivity contribution in [2.24, 2.45) is 5.73 Å². The molecule has 0 aliphatic rings. The highest BCUT2D eigenvalue weighted by Crippen LogP contribution is 2.27. The quantitative estimate of drug-likeness (QED) is 0.728. The molecule has 0 atom stereocenters. The molecule has 0 aliphatic heterocycles. The van der Waals surface area contributed by atoms with Gasteiger partial charge in [0.05, 0.1) is 6.61 Å². The lowest BCUT2D eigenvalue weighted by atomic mass is 10.1. The van der Waals surface area contributed by atoms with Crippen molar-refractivity contribution in [3.63, 3.8) is 0 Å². The van der Waals surface area contributed by atoms with Crippen LogP contribution in [0.1, 0.15) is 23.1 Å². The number of alkyl halides is 2. The van der Waals surface area contributed by atoms with Crippen molar-refractivity contribution in [2.45, 2.75) is 19.6 Å². The molecule has 0 radical (unpaired) electrons. The molecule has 1 aromatic heterocycles. The van der Waals surface area contributed by atoms with Gasteiger partial charge in [-0.05, 0) is 5.56 Å². The van der Waals surface area contributed by atoms with Gasteiger partial charge in [0.1, 0.15) is 0 Å². The molecule has 0 aromatic carbocycles. The van der Waals surface area contributed by atoms with E-state index in [2.05, 4.69) is 4.98 Å². The van der Waals surface area contributed by atoms with Crippen molar-refractivity contribution >= 4 is 0 Å². The maximum absolute atomic E-state index is 12.9. The Morgan fingerprint density at radius 2 is 2.14 bits per heavy atom. The van der Waals surface area contributed by atoms with E-state index < -0.39 is 30.1 Å². The van der Waals surface area contributed by atoms with E-state index in [1.807, 2.05) is 0 Å². The van der Waals surface area contributed by atoms with Crippen LogP contribution in [0.3, 0.4) is 0 Å². The van der Waals surface area contributed by atoms with Crippen LogP contribution in [-0.4, -0.2) is 10.1 Å². The predicted octanol–water partition coefficient (Wildman–Crippen LogP) is 1.11. The Kier molecular flexibility index (Phi) is 3.43. The van der Waals surface area contributed by atoms with Crippen molar-refractivity contribution in [3.8, 4) is 0 Å². The molecule has 0 unspecified atom stereocenters. The lowest BCUT2D eigenvalue weighted by Crippen LogP contribution is -2.09. The number of nitrogens with zero attached hydrogens (tertiary/aromatic N) is 1. The Morgan fingerprint density at radius 3 is 2.57 bits per heavy atom. The lowest BCUT2D eigenvalue weighted by molar-refractivity contribution is 0.144. The molecular weight excluding hydrogens is 197 g/mol. The molecule has 0 saturated carbocycles. The van der Waals surface area contributed by atoms with Crippen LogP contribution in [0.25, 0.3) is 0 Å². The van der Waals surface area contributed by atoms with Gasteiger partial charge in [-0.2, -0.15) is 4.39 Å². The Labute approximate surface area is 78.4 Å². The molecule has 3 N–H and O–H groups in total. The molecule has 0 saturated heterocycles. The van der Waals surface area contributed by atoms with Gasteiger partial charge in [-0.25, -0.2) is 13.8 Å². The van der Waals surface area contributed by atoms with Gasteiger partial charge < -0.3 is 10.8 Å². The van der Waals surface area contributed by atoms with Gasteiger partial charge in [0.25, 0.3) is 6.43 Å². The van der Waals surface area contributed by atoms with E-state index in [9.17, 15) is 13.2 Å². The van der Waals surface area contributed by atoms with Gasteiger partial charge in [0, 0.05) is 23.9 Å². The second-order valence-electron chi connectivity index (χ2n) is 2.63. The van der Waals surface area contributed by atoms with Crippen molar-refractivity contribution < 1.29 is 18.3 Å². The summed E-state index contributed by atoms with van der Waals surface area (Å²) < 4.78 is 37.8. The second kappa shape index (κ2) is 4.39. The molecule has 0 spiro atoms. The Bertz CT molecular complexity index is 331. The number of pyridine rings is 1. The molecule has 1 heterocycles. The van der Waals surface area contributed by atoms with Gasteiger partial charge in [-0.1, -0.05) is 0 Å². The zero-order valence-corrected chi connectivity index (χ0v) is 7.17. The minimum atomic E-state index is -2.87. The van der Waals surface area contributed by atoms with Gasteiger partial charge in [0.15, 0.2) is 0 Å². The van der Waals surface area contributed by atoms with E-state index in [-0.39, 0.29) is 12.1 Å². The van der Waals surface area contributed by atoms with Crippen LogP contribution in [0.5, 0.6) is 0 Å². The summed E-state index contributed by atoms with van der Waals surface area (Å²) in [4.78, 5) is 3.22. The molecule has 14 heavy (non-hydrogen) atoms. The van der Waals surface area contributed by atoms with Crippen molar-refractivity contribution in [1.82, 2.24) is 4.98 Å². The molecular formula is C8H9F3N2O. The number of aliphatic hydroxyl groups excluding tert-OH is 1. The number of rotatable bonds is 3. The van der Waals surface area contributed by atoms with Crippen LogP contribution in [0.15, 0.2) is 6.20 Å². The van der Waals surface area contributed by atoms with E-state index in [1.54, 1.807) is 0 Å². The van der Waals surface area contributed by atoms with Crippen LogP contribution in [0.2, 0.25) is 0 Å². The first-order valence-corrected chi connectivity index (χ1v) is 3.87. The first kappa shape index (κ1) is 10.9. The summed E-state index contributed by atoms with van der Waals surface area (Å²) in [6.07, 6.45) is -1.91. The summed E-state index contributed by atoms with van der Waals surface area (Å²) in [6, 6.07) is 0. The number of hydrogen-bond acceptors (Lipinski definition) is 3. The molecule has 6 heteroatoms. The third kappa shape index (κ3) is 1.85. The Hall–Kier alpha value is -1.14. The molecule has 0 fully saturated rings. The number of aliphatic hydroxyl groups is 1. The normalized spacial score (nSPS) is 11.0. The Balaban J connectivity index is 3.36. The number of nitrogens with two attached hydrogens (primary N) is 1. The third-order valence-electron chi connectivity index (χ3n) is 1.85. The molecule has 0 amide bonds. The standard InChI is InChI=1S/C8H9F3N2O/c9-7(10)6-4(1-12)2-13-8(11)5(6)3-14/h2,7,14H,1,3,12H2. The highest BCUT2D eigenvalue weighted by molar-refractivity contribution is 5.33. The fourth-order valence-electron chi connectivity index (χ4n) is 1.17. The number of aromatic nitrogens is 1. The Morgan fingerprint density at radius 1 is 1.50 bits per heavy atom. The van der Waals surface area contributed by atoms with Crippen LogP contribution in [0, 0.1) is 5.95 Å². The molecule has 1 rings (SSSR count). The minimum absolute atomic E-state index is 0.0467. The van der Waals surface area contributed by atoms with Crippen LogP contribution >= 0.6 is 0 Å². The zero-order chi connectivity index (χ0) is 10.7. The lowest BCUT2D eigenvalue weighted by Gasteiger charge is -2.11. The maximum atomic E-state index is 12.9. The maximum Gasteiger partial charge on any atom is 0.264 e. The summed E-state index contributed by atoms with van der Waals surface area (Å²) in [5.74, 6) is -1.08. The topological polar surface area (TPSA) is 59.1 Å². The first-order valence-electron chi connectivity index (χ1n) is 3.87. The SMILES string of the molecule is NCc1cnc(F)c(CO)c1C(F)F. The van der Waals surface area contributed by atoms with E-state index in [0.29, 0.717) is 0 Å². The fourth-order valence-corrected chi connectivity index (χ4v) is 1.17. The predicted molar refractivity (Wildman–Crippen MR) is 43.0 cm³/mol. The van der Waals surface area contributed by atoms with Gasteiger partial charge in [0.2, 0.25) is 5.95 Å². The van der Waals surface area contributed by atoms with Gasteiger partial charge in [-0.3, -0.25) is 0 Å². The summed E-state index contributed by atoms with van der Waals surface area (Å²) >= 11 is 0. The molecule has 1 aromatic rings. The van der Waals surface area contributed by atoms with Crippen LogP contribution in [0.4, 0.5) is 13.2 Å². The van der Waals surface area contributed by atoms with E-state index in [0.717, 1.165) is 6.20 Å². The number of hydrogen-bond donors (Lipinski definition) is 2. The van der Waals surface area contributed by atoms with Gasteiger partial charge in [-0.15, -0.1) is 0 Å². The van der Waals surface area contributed by atoms with Crippen LogP contribution in [-0.2, 0) is 13.2 Å². The second-order valence-corrected chi connectivity index (χ2v) is 2.63. The van der Waals surface area contributed by atoms with Crippen LogP contribution < -0.4 is 5.73 Å². The molecule has 0 aliphatic carbocycles. The van der Waals surface area contributed by atoms with E-state index in [4.69, 9.17) is 10.8 Å². The molecule has 3 nitrogen and oxygen atoms in total. The monoisotopic (exact) mass is 206 g/mol. The molecule has 0 bridgehead atoms. The highest BCUT2D eigenvalue weighted by atomic mass is 19.3. The summed E-state index contributed by atoms with van der Waals surface area (Å²) in [7, 11) is 0. The summed E-state index contributed by atoms with van der Waals surface area (Å²) in [5.41, 5.74) is 4.19. The largest absolute Gasteiger partial charge is 0.391 e. The zero-order valence-electron chi connectivity index (χ0n) is 7.17. The average molecular weight is 206 g/mol.